The molecule has 1 saturated carbocycles. The van der Waals surface area contributed by atoms with Gasteiger partial charge in [-0.25, -0.2) is 0 Å². The zero-order valence-corrected chi connectivity index (χ0v) is 14.0. The Labute approximate surface area is 125 Å². The Morgan fingerprint density at radius 3 is 2.45 bits per heavy atom. The minimum atomic E-state index is 0.0390. The molecule has 1 rings (SSSR count). The number of hydrogen-bond acceptors (Lipinski definition) is 3. The maximum Gasteiger partial charge on any atom is 0.0811 e. The molecular weight excluding hydrogens is 250 g/mol. The lowest BCUT2D eigenvalue weighted by Gasteiger charge is -2.42. The Kier molecular flexibility index (Phi) is 8.74. The maximum absolute atomic E-state index is 6.40. The van der Waals surface area contributed by atoms with Gasteiger partial charge in [-0.3, -0.25) is 0 Å². The SMILES string of the molecule is CCCNCC1(OC(C)COC)CCC(CCC)CC1. The van der Waals surface area contributed by atoms with Crippen LogP contribution in [0.1, 0.15) is 65.7 Å². The molecule has 1 fully saturated rings. The molecule has 1 atom stereocenters. The van der Waals surface area contributed by atoms with Crippen molar-refractivity contribution in [2.24, 2.45) is 5.92 Å². The van der Waals surface area contributed by atoms with Gasteiger partial charge in [0.1, 0.15) is 0 Å². The maximum atomic E-state index is 6.40. The van der Waals surface area contributed by atoms with Crippen molar-refractivity contribution in [3.63, 3.8) is 0 Å². The van der Waals surface area contributed by atoms with Crippen LogP contribution in [-0.2, 0) is 9.47 Å². The van der Waals surface area contributed by atoms with Gasteiger partial charge in [0, 0.05) is 13.7 Å². The van der Waals surface area contributed by atoms with Gasteiger partial charge in [-0.1, -0.05) is 26.7 Å². The van der Waals surface area contributed by atoms with Gasteiger partial charge >= 0.3 is 0 Å². The fourth-order valence-corrected chi connectivity index (χ4v) is 3.43. The average Bonchev–Trinajstić information content (AvgIpc) is 2.42. The highest BCUT2D eigenvalue weighted by Crippen LogP contribution is 2.37. The minimum Gasteiger partial charge on any atom is -0.382 e. The lowest BCUT2D eigenvalue weighted by molar-refractivity contribution is -0.128. The summed E-state index contributed by atoms with van der Waals surface area (Å²) < 4.78 is 11.6. The second kappa shape index (κ2) is 9.75. The molecule has 0 amide bonds. The van der Waals surface area contributed by atoms with E-state index in [0.717, 1.165) is 19.0 Å². The molecular formula is C17H35NO2. The summed E-state index contributed by atoms with van der Waals surface area (Å²) in [7, 11) is 1.75. The van der Waals surface area contributed by atoms with E-state index in [2.05, 4.69) is 26.1 Å². The van der Waals surface area contributed by atoms with Crippen LogP contribution in [-0.4, -0.2) is 38.5 Å². The van der Waals surface area contributed by atoms with E-state index in [1.165, 1.54) is 44.9 Å². The van der Waals surface area contributed by atoms with Crippen LogP contribution in [0.4, 0.5) is 0 Å². The summed E-state index contributed by atoms with van der Waals surface area (Å²) in [6.07, 6.45) is 9.10. The van der Waals surface area contributed by atoms with E-state index in [1.807, 2.05) is 0 Å². The monoisotopic (exact) mass is 285 g/mol. The van der Waals surface area contributed by atoms with E-state index in [1.54, 1.807) is 7.11 Å². The van der Waals surface area contributed by atoms with Crippen LogP contribution in [0.25, 0.3) is 0 Å². The van der Waals surface area contributed by atoms with Gasteiger partial charge in [0.25, 0.3) is 0 Å². The van der Waals surface area contributed by atoms with E-state index in [-0.39, 0.29) is 11.7 Å². The third-order valence-corrected chi connectivity index (χ3v) is 4.44. The average molecular weight is 285 g/mol. The van der Waals surface area contributed by atoms with Gasteiger partial charge in [-0.05, 0) is 51.5 Å². The Bertz CT molecular complexity index is 237. The summed E-state index contributed by atoms with van der Waals surface area (Å²) in [5.74, 6) is 0.917. The smallest absolute Gasteiger partial charge is 0.0811 e. The van der Waals surface area contributed by atoms with Gasteiger partial charge in [-0.15, -0.1) is 0 Å². The predicted octanol–water partition coefficient (Wildman–Crippen LogP) is 3.77. The van der Waals surface area contributed by atoms with Gasteiger partial charge < -0.3 is 14.8 Å². The standard InChI is InChI=1S/C17H35NO2/c1-5-7-16-8-10-17(11-9-16,14-18-12-6-2)20-15(3)13-19-4/h15-16,18H,5-14H2,1-4H3. The first-order valence-corrected chi connectivity index (χ1v) is 8.53. The van der Waals surface area contributed by atoms with E-state index < -0.39 is 0 Å². The lowest BCUT2D eigenvalue weighted by Crippen LogP contribution is -2.48. The first-order chi connectivity index (χ1) is 9.65. The second-order valence-electron chi connectivity index (χ2n) is 6.48. The lowest BCUT2D eigenvalue weighted by atomic mass is 9.77. The Balaban J connectivity index is 2.52. The topological polar surface area (TPSA) is 30.5 Å². The molecule has 3 heteroatoms. The van der Waals surface area contributed by atoms with Crippen molar-refractivity contribution in [3.05, 3.63) is 0 Å². The number of ether oxygens (including phenoxy) is 2. The van der Waals surface area contributed by atoms with E-state index >= 15 is 0 Å². The molecule has 0 bridgehead atoms. The summed E-state index contributed by atoms with van der Waals surface area (Å²) in [4.78, 5) is 0. The van der Waals surface area contributed by atoms with Gasteiger partial charge in [-0.2, -0.15) is 0 Å². The molecule has 120 valence electrons. The minimum absolute atomic E-state index is 0.0390. The summed E-state index contributed by atoms with van der Waals surface area (Å²) in [6, 6.07) is 0. The van der Waals surface area contributed by atoms with Gasteiger partial charge in [0.2, 0.25) is 0 Å². The molecule has 0 spiro atoms. The number of hydrogen-bond donors (Lipinski definition) is 1. The normalized spacial score (nSPS) is 28.5. The molecule has 1 aliphatic carbocycles. The molecule has 0 aromatic carbocycles. The van der Waals surface area contributed by atoms with Crippen molar-refractivity contribution in [2.45, 2.75) is 77.4 Å². The van der Waals surface area contributed by atoms with Crippen LogP contribution in [0, 0.1) is 5.92 Å². The van der Waals surface area contributed by atoms with Crippen molar-refractivity contribution in [1.29, 1.82) is 0 Å². The van der Waals surface area contributed by atoms with Crippen LogP contribution in [0.5, 0.6) is 0 Å². The van der Waals surface area contributed by atoms with Crippen molar-refractivity contribution < 1.29 is 9.47 Å². The summed E-state index contributed by atoms with van der Waals surface area (Å²) >= 11 is 0. The first kappa shape index (κ1) is 17.9. The molecule has 20 heavy (non-hydrogen) atoms. The van der Waals surface area contributed by atoms with E-state index in [4.69, 9.17) is 9.47 Å². The fourth-order valence-electron chi connectivity index (χ4n) is 3.43. The fraction of sp³-hybridized carbons (Fsp3) is 1.00. The zero-order chi connectivity index (χ0) is 14.8. The molecule has 0 aliphatic heterocycles. The molecule has 0 aromatic rings. The second-order valence-corrected chi connectivity index (χ2v) is 6.48. The summed E-state index contributed by atoms with van der Waals surface area (Å²) in [6.45, 7) is 9.40. The number of methoxy groups -OCH3 is 1. The van der Waals surface area contributed by atoms with Crippen molar-refractivity contribution in [3.8, 4) is 0 Å². The number of nitrogens with one attached hydrogen (secondary N) is 1. The molecule has 1 unspecified atom stereocenters. The molecule has 0 heterocycles. The van der Waals surface area contributed by atoms with Crippen LogP contribution >= 0.6 is 0 Å². The van der Waals surface area contributed by atoms with Crippen LogP contribution < -0.4 is 5.32 Å². The number of rotatable bonds is 10. The zero-order valence-electron chi connectivity index (χ0n) is 14.0. The van der Waals surface area contributed by atoms with Gasteiger partial charge in [0.15, 0.2) is 0 Å². The third-order valence-electron chi connectivity index (χ3n) is 4.44. The first-order valence-electron chi connectivity index (χ1n) is 8.53. The Morgan fingerprint density at radius 1 is 1.20 bits per heavy atom. The molecule has 0 saturated heterocycles. The van der Waals surface area contributed by atoms with Crippen molar-refractivity contribution in [2.75, 3.05) is 26.8 Å². The summed E-state index contributed by atoms with van der Waals surface area (Å²) in [5, 5.41) is 3.57. The van der Waals surface area contributed by atoms with E-state index in [9.17, 15) is 0 Å². The molecule has 3 nitrogen and oxygen atoms in total. The molecule has 0 aromatic heterocycles. The summed E-state index contributed by atoms with van der Waals surface area (Å²) in [5.41, 5.74) is 0.0390. The molecule has 0 radical (unpaired) electrons. The Morgan fingerprint density at radius 2 is 1.90 bits per heavy atom. The highest BCUT2D eigenvalue weighted by atomic mass is 16.5. The largest absolute Gasteiger partial charge is 0.382 e. The van der Waals surface area contributed by atoms with Gasteiger partial charge in [0.05, 0.1) is 18.3 Å². The highest BCUT2D eigenvalue weighted by molar-refractivity contribution is 4.90. The van der Waals surface area contributed by atoms with Crippen LogP contribution in [0.2, 0.25) is 0 Å². The van der Waals surface area contributed by atoms with Crippen molar-refractivity contribution in [1.82, 2.24) is 5.32 Å². The van der Waals surface area contributed by atoms with Crippen molar-refractivity contribution >= 4 is 0 Å². The quantitative estimate of drug-likeness (QED) is 0.620. The van der Waals surface area contributed by atoms with E-state index in [0.29, 0.717) is 6.61 Å². The molecule has 1 N–H and O–H groups in total. The molecule has 1 aliphatic rings. The highest BCUT2D eigenvalue weighted by Gasteiger charge is 2.36. The van der Waals surface area contributed by atoms with Crippen LogP contribution in [0.3, 0.4) is 0 Å². The van der Waals surface area contributed by atoms with Crippen LogP contribution in [0.15, 0.2) is 0 Å². The Hall–Kier alpha value is -0.120. The third kappa shape index (κ3) is 6.11. The predicted molar refractivity (Wildman–Crippen MR) is 85.2 cm³/mol.